The Hall–Kier alpha value is -3.46. The van der Waals surface area contributed by atoms with Crippen LogP contribution in [-0.2, 0) is 14.2 Å². The van der Waals surface area contributed by atoms with Crippen LogP contribution in [-0.4, -0.2) is 38.0 Å². The van der Waals surface area contributed by atoms with Gasteiger partial charge in [-0.15, -0.1) is 0 Å². The Kier molecular flexibility index (Phi) is 16.8. The summed E-state index contributed by atoms with van der Waals surface area (Å²) in [6, 6.07) is 19.3. The van der Waals surface area contributed by atoms with E-state index in [9.17, 15) is 4.79 Å². The molecule has 0 amide bonds. The van der Waals surface area contributed by atoms with Crippen molar-refractivity contribution in [1.29, 1.82) is 0 Å². The van der Waals surface area contributed by atoms with Gasteiger partial charge < -0.3 is 28.4 Å². The number of benzene rings is 3. The first-order valence-corrected chi connectivity index (χ1v) is 19.9. The quantitative estimate of drug-likeness (QED) is 0.0582. The number of hydrogen-bond acceptors (Lipinski definition) is 7. The zero-order valence-electron chi connectivity index (χ0n) is 31.3. The smallest absolute Gasteiger partial charge is 0.343 e. The van der Waals surface area contributed by atoms with Crippen LogP contribution in [0, 0.1) is 5.82 Å². The molecule has 2 saturated heterocycles. The maximum absolute atomic E-state index is 15.1. The van der Waals surface area contributed by atoms with Crippen LogP contribution in [0.25, 0.3) is 0 Å². The van der Waals surface area contributed by atoms with Gasteiger partial charge in [0.1, 0.15) is 29.2 Å². The van der Waals surface area contributed by atoms with Crippen molar-refractivity contribution in [2.24, 2.45) is 0 Å². The van der Waals surface area contributed by atoms with E-state index < -0.39 is 12.3 Å². The number of unbranched alkanes of at least 4 members (excludes halogenated alkanes) is 12. The molecule has 8 heteroatoms. The highest BCUT2D eigenvalue weighted by molar-refractivity contribution is 5.91. The van der Waals surface area contributed by atoms with E-state index in [-0.39, 0.29) is 24.1 Å². The van der Waals surface area contributed by atoms with Crippen LogP contribution in [0.4, 0.5) is 4.39 Å². The molecule has 0 bridgehead atoms. The minimum Gasteiger partial charge on any atom is -0.494 e. The molecule has 5 rings (SSSR count). The van der Waals surface area contributed by atoms with E-state index in [1.54, 1.807) is 30.3 Å². The topological polar surface area (TPSA) is 72.5 Å². The maximum Gasteiger partial charge on any atom is 0.343 e. The number of carbonyl (C=O) groups excluding carboxylic acids is 1. The minimum atomic E-state index is -0.565. The Balaban J connectivity index is 0.992. The zero-order chi connectivity index (χ0) is 36.4. The van der Waals surface area contributed by atoms with Crippen molar-refractivity contribution in [3.8, 4) is 17.2 Å². The van der Waals surface area contributed by atoms with Gasteiger partial charge in [0, 0.05) is 17.2 Å². The average Bonchev–Trinajstić information content (AvgIpc) is 3.17. The van der Waals surface area contributed by atoms with Gasteiger partial charge in [-0.1, -0.05) is 103 Å². The average molecular weight is 719 g/mol. The van der Waals surface area contributed by atoms with Crippen LogP contribution < -0.4 is 14.2 Å². The van der Waals surface area contributed by atoms with Gasteiger partial charge >= 0.3 is 5.97 Å². The molecule has 0 saturated carbocycles. The highest BCUT2D eigenvalue weighted by atomic mass is 19.1. The Bertz CT molecular complexity index is 1460. The van der Waals surface area contributed by atoms with Gasteiger partial charge in [-0.25, -0.2) is 9.18 Å². The van der Waals surface area contributed by atoms with Crippen LogP contribution in [0.1, 0.15) is 150 Å². The van der Waals surface area contributed by atoms with Gasteiger partial charge in [0.05, 0.1) is 37.6 Å². The zero-order valence-corrected chi connectivity index (χ0v) is 31.3. The number of carbonyl (C=O) groups is 1. The summed E-state index contributed by atoms with van der Waals surface area (Å²) in [7, 11) is 0. The molecule has 0 spiro atoms. The standard InChI is InChI=1S/C44H59FO7/c1-3-5-7-9-10-11-12-13-14-16-29-47-35-21-17-33(18-22-35)43(46)50-36-23-19-34(20-24-36)44-49-32-42-41(52-44)28-27-40(51-42)38-26-25-37(31-39(38)45)48-30-15-8-6-4-2/h17-26,31,40-42,44H,3-16,27-30,32H2,1-2H3/t40-,41+,42-,44-/m1/s1. The first-order valence-electron chi connectivity index (χ1n) is 19.9. The molecule has 0 N–H and O–H groups in total. The summed E-state index contributed by atoms with van der Waals surface area (Å²) in [6.07, 6.45) is 17.3. The molecule has 7 nitrogen and oxygen atoms in total. The lowest BCUT2D eigenvalue weighted by Gasteiger charge is -2.42. The predicted octanol–water partition coefficient (Wildman–Crippen LogP) is 11.6. The van der Waals surface area contributed by atoms with Gasteiger partial charge in [-0.2, -0.15) is 0 Å². The molecule has 3 aromatic rings. The van der Waals surface area contributed by atoms with Crippen molar-refractivity contribution in [2.75, 3.05) is 19.8 Å². The normalized spacial score (nSPS) is 19.9. The summed E-state index contributed by atoms with van der Waals surface area (Å²) in [5, 5.41) is 0. The van der Waals surface area contributed by atoms with Gasteiger partial charge in [0.2, 0.25) is 0 Å². The number of hydrogen-bond donors (Lipinski definition) is 0. The molecule has 52 heavy (non-hydrogen) atoms. The Morgan fingerprint density at radius 2 is 1.23 bits per heavy atom. The molecule has 2 fully saturated rings. The monoisotopic (exact) mass is 718 g/mol. The van der Waals surface area contributed by atoms with Crippen LogP contribution in [0.5, 0.6) is 17.2 Å². The summed E-state index contributed by atoms with van der Waals surface area (Å²) >= 11 is 0. The Morgan fingerprint density at radius 1 is 0.654 bits per heavy atom. The number of halogens is 1. The Labute approximate surface area is 310 Å². The largest absolute Gasteiger partial charge is 0.494 e. The number of esters is 1. The third-order valence-electron chi connectivity index (χ3n) is 9.98. The molecule has 3 aromatic carbocycles. The van der Waals surface area contributed by atoms with Crippen molar-refractivity contribution in [3.05, 3.63) is 89.2 Å². The van der Waals surface area contributed by atoms with Gasteiger partial charge in [-0.3, -0.25) is 0 Å². The van der Waals surface area contributed by atoms with Crippen molar-refractivity contribution in [3.63, 3.8) is 0 Å². The fourth-order valence-corrected chi connectivity index (χ4v) is 6.86. The molecule has 0 aromatic heterocycles. The van der Waals surface area contributed by atoms with E-state index in [0.717, 1.165) is 37.0 Å². The molecule has 0 unspecified atom stereocenters. The third-order valence-corrected chi connectivity index (χ3v) is 9.98. The van der Waals surface area contributed by atoms with Crippen molar-refractivity contribution in [1.82, 2.24) is 0 Å². The lowest BCUT2D eigenvalue weighted by molar-refractivity contribution is -0.289. The van der Waals surface area contributed by atoms with Gasteiger partial charge in [0.25, 0.3) is 0 Å². The summed E-state index contributed by atoms with van der Waals surface area (Å²) in [6.45, 7) is 6.04. The number of rotatable bonds is 22. The molecule has 0 radical (unpaired) electrons. The minimum absolute atomic E-state index is 0.164. The third kappa shape index (κ3) is 12.6. The van der Waals surface area contributed by atoms with Gasteiger partial charge in [-0.05, 0) is 74.2 Å². The molecular weight excluding hydrogens is 659 g/mol. The molecule has 2 heterocycles. The lowest BCUT2D eigenvalue weighted by Crippen LogP contribution is -2.45. The second kappa shape index (κ2) is 21.9. The molecule has 2 aliphatic heterocycles. The van der Waals surface area contributed by atoms with Crippen molar-refractivity contribution < 1.29 is 37.6 Å². The molecule has 284 valence electrons. The fourth-order valence-electron chi connectivity index (χ4n) is 6.86. The lowest BCUT2D eigenvalue weighted by atomic mass is 9.95. The highest BCUT2D eigenvalue weighted by Crippen LogP contribution is 2.40. The summed E-state index contributed by atoms with van der Waals surface area (Å²) in [5.74, 6) is 0.990. The van der Waals surface area contributed by atoms with E-state index in [4.69, 9.17) is 28.4 Å². The van der Waals surface area contributed by atoms with Gasteiger partial charge in [0.15, 0.2) is 6.29 Å². The summed E-state index contributed by atoms with van der Waals surface area (Å²) < 4.78 is 50.9. The van der Waals surface area contributed by atoms with Crippen molar-refractivity contribution in [2.45, 2.75) is 141 Å². The SMILES string of the molecule is CCCCCCCCCCCCOc1ccc(C(=O)Oc2ccc([C@@H]3OC[C@H]4O[C@@H](c5ccc(OCCCCCC)cc5F)CC[C@@H]4O3)cc2)cc1. The van der Waals surface area contributed by atoms with E-state index in [1.807, 2.05) is 30.3 Å². The van der Waals surface area contributed by atoms with Crippen LogP contribution >= 0.6 is 0 Å². The van der Waals surface area contributed by atoms with Crippen LogP contribution in [0.2, 0.25) is 0 Å². The fraction of sp³-hybridized carbons (Fsp3) is 0.568. The van der Waals surface area contributed by atoms with Crippen molar-refractivity contribution >= 4 is 5.97 Å². The highest BCUT2D eigenvalue weighted by Gasteiger charge is 2.39. The predicted molar refractivity (Wildman–Crippen MR) is 202 cm³/mol. The molecule has 4 atom stereocenters. The van der Waals surface area contributed by atoms with E-state index in [0.29, 0.717) is 48.9 Å². The number of fused-ring (bicyclic) bond motifs is 1. The first kappa shape index (κ1) is 39.7. The first-order chi connectivity index (χ1) is 25.5. The number of ether oxygens (including phenoxy) is 6. The van der Waals surface area contributed by atoms with E-state index in [2.05, 4.69) is 13.8 Å². The van der Waals surface area contributed by atoms with Crippen LogP contribution in [0.3, 0.4) is 0 Å². The Morgan fingerprint density at radius 3 is 1.88 bits per heavy atom. The summed E-state index contributed by atoms with van der Waals surface area (Å²) in [4.78, 5) is 12.8. The van der Waals surface area contributed by atoms with E-state index >= 15 is 4.39 Å². The maximum atomic E-state index is 15.1. The molecule has 2 aliphatic rings. The molecule has 0 aliphatic carbocycles. The molecular formula is C44H59FO7. The second-order valence-corrected chi connectivity index (χ2v) is 14.2. The summed E-state index contributed by atoms with van der Waals surface area (Å²) in [5.41, 5.74) is 1.81. The van der Waals surface area contributed by atoms with E-state index in [1.165, 1.54) is 76.7 Å². The second-order valence-electron chi connectivity index (χ2n) is 14.2. The van der Waals surface area contributed by atoms with Crippen LogP contribution in [0.15, 0.2) is 66.7 Å².